The van der Waals surface area contributed by atoms with Crippen molar-refractivity contribution in [1.82, 2.24) is 4.90 Å². The van der Waals surface area contributed by atoms with Gasteiger partial charge in [-0.3, -0.25) is 19.9 Å². The van der Waals surface area contributed by atoms with Crippen molar-refractivity contribution in [3.63, 3.8) is 0 Å². The van der Waals surface area contributed by atoms with Gasteiger partial charge in [0.2, 0.25) is 0 Å². The summed E-state index contributed by atoms with van der Waals surface area (Å²) in [6.45, 7) is 3.80. The van der Waals surface area contributed by atoms with Gasteiger partial charge in [0.15, 0.2) is 0 Å². The highest BCUT2D eigenvalue weighted by Gasteiger charge is 2.38. The minimum absolute atomic E-state index is 0.0198. The number of amides is 1. The molecule has 1 aromatic rings. The maximum absolute atomic E-state index is 12.1. The molecule has 0 atom stereocenters. The number of benzene rings is 1. The van der Waals surface area contributed by atoms with Crippen LogP contribution in [0, 0.1) is 10.1 Å². The predicted molar refractivity (Wildman–Crippen MR) is 112 cm³/mol. The number of non-ortho nitro benzene ring substituents is 1. The summed E-state index contributed by atoms with van der Waals surface area (Å²) in [6.07, 6.45) is 9.49. The number of rotatable bonds is 6. The first-order valence-electron chi connectivity index (χ1n) is 10.8. The highest BCUT2D eigenvalue weighted by atomic mass is 16.6. The number of piperidine rings is 1. The van der Waals surface area contributed by atoms with E-state index in [1.165, 1.54) is 68.4 Å². The molecule has 0 radical (unpaired) electrons. The number of hydrogen-bond donors (Lipinski definition) is 1. The summed E-state index contributed by atoms with van der Waals surface area (Å²) >= 11 is 0. The average molecular weight is 402 g/mol. The van der Waals surface area contributed by atoms with E-state index >= 15 is 0 Å². The van der Waals surface area contributed by atoms with Crippen LogP contribution in [0.15, 0.2) is 18.2 Å². The summed E-state index contributed by atoms with van der Waals surface area (Å²) in [4.78, 5) is 27.1. The number of cyclic esters (lactones) is 1. The van der Waals surface area contributed by atoms with Gasteiger partial charge < -0.3 is 10.1 Å². The lowest BCUT2D eigenvalue weighted by atomic mass is 9.79. The Balaban J connectivity index is 1.58. The van der Waals surface area contributed by atoms with E-state index in [0.717, 1.165) is 25.3 Å². The summed E-state index contributed by atoms with van der Waals surface area (Å²) in [5.74, 6) is 0. The first kappa shape index (κ1) is 19.9. The third-order valence-corrected chi connectivity index (χ3v) is 6.66. The fourth-order valence-corrected chi connectivity index (χ4v) is 5.06. The maximum atomic E-state index is 12.1. The number of nitrogens with one attached hydrogen (secondary N) is 1. The van der Waals surface area contributed by atoms with Gasteiger partial charge in [0.05, 0.1) is 22.8 Å². The Kier molecular flexibility index (Phi) is 5.89. The normalized spacial score (nSPS) is 22.3. The Morgan fingerprint density at radius 3 is 2.45 bits per heavy atom. The number of carbonyl (C=O) groups excluding carboxylic acids is 1. The van der Waals surface area contributed by atoms with Crippen LogP contribution >= 0.6 is 0 Å². The van der Waals surface area contributed by atoms with Gasteiger partial charge in [-0.05, 0) is 44.8 Å². The molecule has 0 spiro atoms. The summed E-state index contributed by atoms with van der Waals surface area (Å²) < 4.78 is 5.07. The van der Waals surface area contributed by atoms with Gasteiger partial charge in [0.25, 0.3) is 5.69 Å². The molecule has 1 amide bonds. The van der Waals surface area contributed by atoms with E-state index in [1.807, 2.05) is 0 Å². The summed E-state index contributed by atoms with van der Waals surface area (Å²) in [7, 11) is 0. The molecular weight excluding hydrogens is 372 g/mol. The van der Waals surface area contributed by atoms with E-state index in [9.17, 15) is 14.9 Å². The zero-order valence-electron chi connectivity index (χ0n) is 16.9. The largest absolute Gasteiger partial charge is 0.447 e. The highest BCUT2D eigenvalue weighted by molar-refractivity contribution is 5.94. The lowest BCUT2D eigenvalue weighted by Gasteiger charge is -2.48. The van der Waals surface area contributed by atoms with Crippen molar-refractivity contribution in [2.24, 2.45) is 0 Å². The Hall–Kier alpha value is -2.35. The van der Waals surface area contributed by atoms with Crippen molar-refractivity contribution >= 4 is 23.2 Å². The number of hydrogen-bond acceptors (Lipinski definition) is 6. The molecule has 2 heterocycles. The molecule has 158 valence electrons. The second-order valence-corrected chi connectivity index (χ2v) is 8.41. The highest BCUT2D eigenvalue weighted by Crippen LogP contribution is 2.38. The molecule has 29 heavy (non-hydrogen) atoms. The fraction of sp³-hybridized carbons (Fsp3) is 0.667. The zero-order chi connectivity index (χ0) is 20.3. The van der Waals surface area contributed by atoms with Crippen LogP contribution < -0.4 is 10.2 Å². The first-order valence-corrected chi connectivity index (χ1v) is 10.8. The maximum Gasteiger partial charge on any atom is 0.414 e. The minimum Gasteiger partial charge on any atom is -0.447 e. The van der Waals surface area contributed by atoms with Gasteiger partial charge in [0.1, 0.15) is 6.61 Å². The number of anilines is 2. The molecule has 2 aliphatic heterocycles. The van der Waals surface area contributed by atoms with Crippen molar-refractivity contribution in [1.29, 1.82) is 0 Å². The topological polar surface area (TPSA) is 87.9 Å². The number of nitrogens with zero attached hydrogens (tertiary/aromatic N) is 3. The van der Waals surface area contributed by atoms with E-state index in [1.54, 1.807) is 6.07 Å². The second-order valence-electron chi connectivity index (χ2n) is 8.41. The first-order chi connectivity index (χ1) is 14.1. The van der Waals surface area contributed by atoms with Crippen LogP contribution in [0.2, 0.25) is 0 Å². The molecule has 1 aromatic carbocycles. The number of carbonyl (C=O) groups is 1. The molecule has 0 aromatic heterocycles. The smallest absolute Gasteiger partial charge is 0.414 e. The van der Waals surface area contributed by atoms with Gasteiger partial charge in [-0.15, -0.1) is 0 Å². The second kappa shape index (κ2) is 8.57. The number of nitro groups is 1. The molecular formula is C21H30N4O4. The lowest BCUT2D eigenvalue weighted by molar-refractivity contribution is -0.384. The molecule has 1 saturated carbocycles. The molecule has 3 fully saturated rings. The quantitative estimate of drug-likeness (QED) is 0.568. The fourth-order valence-electron chi connectivity index (χ4n) is 5.06. The molecule has 3 aliphatic rings. The van der Waals surface area contributed by atoms with Gasteiger partial charge in [0, 0.05) is 24.2 Å². The summed E-state index contributed by atoms with van der Waals surface area (Å²) in [5.41, 5.74) is 1.40. The molecule has 2 saturated heterocycles. The van der Waals surface area contributed by atoms with Crippen LogP contribution in [-0.2, 0) is 4.74 Å². The molecule has 1 N–H and O–H groups in total. The van der Waals surface area contributed by atoms with Crippen molar-refractivity contribution in [2.45, 2.75) is 56.9 Å². The SMILES string of the molecule is O=C1OCCN1c1cc([N+](=O)[O-])ccc1NCC1(N2CCCCC2)CCCCC1. The molecule has 4 rings (SSSR count). The van der Waals surface area contributed by atoms with Crippen LogP contribution in [-0.4, -0.2) is 54.2 Å². The minimum atomic E-state index is -0.447. The molecule has 1 aliphatic carbocycles. The van der Waals surface area contributed by atoms with E-state index in [0.29, 0.717) is 18.8 Å². The number of likely N-dealkylation sites (tertiary alicyclic amines) is 1. The van der Waals surface area contributed by atoms with Crippen LogP contribution in [0.5, 0.6) is 0 Å². The molecule has 8 nitrogen and oxygen atoms in total. The van der Waals surface area contributed by atoms with Crippen molar-refractivity contribution in [3.05, 3.63) is 28.3 Å². The summed E-state index contributed by atoms with van der Waals surface area (Å²) in [6, 6.07) is 4.71. The van der Waals surface area contributed by atoms with Crippen LogP contribution in [0.4, 0.5) is 21.9 Å². The third kappa shape index (κ3) is 4.17. The van der Waals surface area contributed by atoms with E-state index < -0.39 is 11.0 Å². The molecule has 8 heteroatoms. The van der Waals surface area contributed by atoms with Crippen molar-refractivity contribution in [2.75, 3.05) is 43.0 Å². The monoisotopic (exact) mass is 402 g/mol. The zero-order valence-corrected chi connectivity index (χ0v) is 16.9. The van der Waals surface area contributed by atoms with Crippen LogP contribution in [0.3, 0.4) is 0 Å². The van der Waals surface area contributed by atoms with Gasteiger partial charge in [-0.2, -0.15) is 0 Å². The summed E-state index contributed by atoms with van der Waals surface area (Å²) in [5, 5.41) is 14.8. The van der Waals surface area contributed by atoms with Gasteiger partial charge >= 0.3 is 6.09 Å². The van der Waals surface area contributed by atoms with Gasteiger partial charge in [-0.25, -0.2) is 4.79 Å². The van der Waals surface area contributed by atoms with Crippen LogP contribution in [0.25, 0.3) is 0 Å². The van der Waals surface area contributed by atoms with E-state index in [-0.39, 0.29) is 11.2 Å². The molecule has 0 bridgehead atoms. The Morgan fingerprint density at radius 2 is 1.79 bits per heavy atom. The number of ether oxygens (including phenoxy) is 1. The Labute approximate surface area is 171 Å². The standard InChI is InChI=1S/C21H30N4O4/c26-20-24(13-14-29-20)19-15-17(25(27)28)7-8-18(19)22-16-21(9-3-1-4-10-21)23-11-5-2-6-12-23/h7-8,15,22H,1-6,9-14,16H2. The van der Waals surface area contributed by atoms with E-state index in [2.05, 4.69) is 10.2 Å². The average Bonchev–Trinajstić information content (AvgIpc) is 3.19. The Bertz CT molecular complexity index is 757. The van der Waals surface area contributed by atoms with E-state index in [4.69, 9.17) is 4.74 Å². The molecule has 0 unspecified atom stereocenters. The van der Waals surface area contributed by atoms with Crippen molar-refractivity contribution in [3.8, 4) is 0 Å². The van der Waals surface area contributed by atoms with Crippen molar-refractivity contribution < 1.29 is 14.5 Å². The van der Waals surface area contributed by atoms with Gasteiger partial charge in [-0.1, -0.05) is 25.7 Å². The number of nitro benzene ring substituents is 1. The third-order valence-electron chi connectivity index (χ3n) is 6.66. The Morgan fingerprint density at radius 1 is 1.07 bits per heavy atom. The lowest BCUT2D eigenvalue weighted by Crippen LogP contribution is -2.56. The predicted octanol–water partition coefficient (Wildman–Crippen LogP) is 4.15. The van der Waals surface area contributed by atoms with Crippen LogP contribution in [0.1, 0.15) is 51.4 Å².